The van der Waals surface area contributed by atoms with Crippen molar-refractivity contribution in [1.82, 2.24) is 14.8 Å². The maximum Gasteiger partial charge on any atom is 0.354 e. The summed E-state index contributed by atoms with van der Waals surface area (Å²) >= 11 is 0. The van der Waals surface area contributed by atoms with Crippen molar-refractivity contribution >= 4 is 5.97 Å². The maximum atomic E-state index is 11.4. The summed E-state index contributed by atoms with van der Waals surface area (Å²) in [5.41, 5.74) is 1.45. The van der Waals surface area contributed by atoms with Crippen molar-refractivity contribution in [2.45, 2.75) is 0 Å². The Morgan fingerprint density at radius 3 is 2.29 bits per heavy atom. The Labute approximate surface area is 165 Å². The lowest BCUT2D eigenvalue weighted by Crippen LogP contribution is -2.48. The van der Waals surface area contributed by atoms with Gasteiger partial charge in [-0.3, -0.25) is 9.80 Å². The molecule has 0 spiro atoms. The molecule has 0 radical (unpaired) electrons. The third-order valence-corrected chi connectivity index (χ3v) is 4.84. The summed E-state index contributed by atoms with van der Waals surface area (Å²) in [7, 11) is 1.73. The molecule has 2 aromatic rings. The Kier molecular flexibility index (Phi) is 7.36. The number of piperazine rings is 1. The predicted octanol–water partition coefficient (Wildman–Crippen LogP) is 2.09. The van der Waals surface area contributed by atoms with Crippen LogP contribution in [-0.4, -0.2) is 85.5 Å². The molecule has 0 atom stereocenters. The van der Waals surface area contributed by atoms with Gasteiger partial charge < -0.3 is 14.6 Å². The van der Waals surface area contributed by atoms with Crippen molar-refractivity contribution in [2.75, 3.05) is 59.6 Å². The molecule has 1 fully saturated rings. The fraction of sp³-hybridized carbons (Fsp3) is 0.429. The number of carbonyl (C=O) groups is 1. The van der Waals surface area contributed by atoms with Crippen molar-refractivity contribution in [2.24, 2.45) is 0 Å². The minimum atomic E-state index is -1.06. The Morgan fingerprint density at radius 1 is 1.04 bits per heavy atom. The van der Waals surface area contributed by atoms with Crippen molar-refractivity contribution in [3.05, 3.63) is 48.2 Å². The lowest BCUT2D eigenvalue weighted by molar-refractivity contribution is 0.0689. The van der Waals surface area contributed by atoms with Crippen LogP contribution in [0.4, 0.5) is 0 Å². The van der Waals surface area contributed by atoms with E-state index in [9.17, 15) is 9.90 Å². The fourth-order valence-electron chi connectivity index (χ4n) is 3.20. The summed E-state index contributed by atoms with van der Waals surface area (Å²) < 4.78 is 11.0. The number of pyridine rings is 1. The van der Waals surface area contributed by atoms with Gasteiger partial charge in [-0.05, 0) is 0 Å². The maximum absolute atomic E-state index is 11.4. The van der Waals surface area contributed by atoms with Crippen LogP contribution < -0.4 is 4.74 Å². The van der Waals surface area contributed by atoms with Crippen LogP contribution in [0.5, 0.6) is 5.75 Å². The molecule has 7 heteroatoms. The quantitative estimate of drug-likeness (QED) is 0.708. The van der Waals surface area contributed by atoms with Crippen LogP contribution in [0.1, 0.15) is 10.5 Å². The fourth-order valence-corrected chi connectivity index (χ4v) is 3.20. The highest BCUT2D eigenvalue weighted by Gasteiger charge is 2.16. The molecule has 1 aromatic heterocycles. The average molecular weight is 385 g/mol. The standard InChI is InChI=1S/C21H27N3O4/c1-27-13-11-23-7-9-24(10-8-23)12-14-28-18-15-19(17-5-3-2-4-6-17)22-20(16-18)21(25)26/h2-6,15-16H,7-14H2,1H3,(H,25,26). The highest BCUT2D eigenvalue weighted by Crippen LogP contribution is 2.23. The van der Waals surface area contributed by atoms with Gasteiger partial charge in [0.25, 0.3) is 0 Å². The zero-order chi connectivity index (χ0) is 19.8. The van der Waals surface area contributed by atoms with Crippen LogP contribution in [-0.2, 0) is 4.74 Å². The highest BCUT2D eigenvalue weighted by atomic mass is 16.5. The summed E-state index contributed by atoms with van der Waals surface area (Å²) in [6.45, 7) is 7.11. The van der Waals surface area contributed by atoms with Gasteiger partial charge in [0, 0.05) is 64.1 Å². The molecule has 1 aliphatic heterocycles. The third-order valence-electron chi connectivity index (χ3n) is 4.84. The van der Waals surface area contributed by atoms with Crippen LogP contribution >= 0.6 is 0 Å². The van der Waals surface area contributed by atoms with Gasteiger partial charge in [-0.25, -0.2) is 9.78 Å². The van der Waals surface area contributed by atoms with E-state index in [1.54, 1.807) is 13.2 Å². The molecule has 2 heterocycles. The minimum absolute atomic E-state index is 0.0110. The van der Waals surface area contributed by atoms with E-state index in [0.717, 1.165) is 51.4 Å². The Hall–Kier alpha value is -2.48. The first kappa shape index (κ1) is 20.3. The normalized spacial score (nSPS) is 15.5. The number of carboxylic acids is 1. The smallest absolute Gasteiger partial charge is 0.354 e. The minimum Gasteiger partial charge on any atom is -0.492 e. The molecule has 1 aromatic carbocycles. The Balaban J connectivity index is 1.56. The van der Waals surface area contributed by atoms with E-state index in [-0.39, 0.29) is 5.69 Å². The second-order valence-electron chi connectivity index (χ2n) is 6.77. The molecule has 0 saturated carbocycles. The number of hydrogen-bond donors (Lipinski definition) is 1. The molecular formula is C21H27N3O4. The Morgan fingerprint density at radius 2 is 1.68 bits per heavy atom. The van der Waals surface area contributed by atoms with E-state index < -0.39 is 5.97 Å². The number of carboxylic acid groups (broad SMARTS) is 1. The molecule has 3 rings (SSSR count). The molecule has 150 valence electrons. The van der Waals surface area contributed by atoms with Gasteiger partial charge in [0.15, 0.2) is 5.69 Å². The summed E-state index contributed by atoms with van der Waals surface area (Å²) in [5, 5.41) is 9.36. The van der Waals surface area contributed by atoms with E-state index in [1.165, 1.54) is 6.07 Å². The number of aromatic carboxylic acids is 1. The number of rotatable bonds is 9. The largest absolute Gasteiger partial charge is 0.492 e. The summed E-state index contributed by atoms with van der Waals surface area (Å²) in [4.78, 5) is 20.4. The molecule has 0 bridgehead atoms. The average Bonchev–Trinajstić information content (AvgIpc) is 2.73. The van der Waals surface area contributed by atoms with Crippen molar-refractivity contribution in [3.8, 4) is 17.0 Å². The van der Waals surface area contributed by atoms with E-state index in [1.807, 2.05) is 30.3 Å². The van der Waals surface area contributed by atoms with Gasteiger partial charge in [0.05, 0.1) is 12.3 Å². The topological polar surface area (TPSA) is 75.1 Å². The van der Waals surface area contributed by atoms with Gasteiger partial charge in [-0.1, -0.05) is 30.3 Å². The van der Waals surface area contributed by atoms with E-state index in [2.05, 4.69) is 14.8 Å². The van der Waals surface area contributed by atoms with Crippen molar-refractivity contribution in [1.29, 1.82) is 0 Å². The second-order valence-corrected chi connectivity index (χ2v) is 6.77. The zero-order valence-corrected chi connectivity index (χ0v) is 16.2. The first-order chi connectivity index (χ1) is 13.7. The van der Waals surface area contributed by atoms with Gasteiger partial charge in [-0.15, -0.1) is 0 Å². The van der Waals surface area contributed by atoms with Crippen LogP contribution in [0.25, 0.3) is 11.3 Å². The van der Waals surface area contributed by atoms with Crippen molar-refractivity contribution < 1.29 is 19.4 Å². The number of aromatic nitrogens is 1. The van der Waals surface area contributed by atoms with Crippen LogP contribution in [0, 0.1) is 0 Å². The molecule has 28 heavy (non-hydrogen) atoms. The first-order valence-corrected chi connectivity index (χ1v) is 9.53. The summed E-state index contributed by atoms with van der Waals surface area (Å²) in [5.74, 6) is -0.528. The second kappa shape index (κ2) is 10.2. The van der Waals surface area contributed by atoms with Gasteiger partial charge >= 0.3 is 5.97 Å². The van der Waals surface area contributed by atoms with Crippen LogP contribution in [0.2, 0.25) is 0 Å². The number of benzene rings is 1. The molecule has 1 saturated heterocycles. The summed E-state index contributed by atoms with van der Waals surface area (Å²) in [6.07, 6.45) is 0. The zero-order valence-electron chi connectivity index (χ0n) is 16.2. The molecule has 7 nitrogen and oxygen atoms in total. The molecular weight excluding hydrogens is 358 g/mol. The SMILES string of the molecule is COCCN1CCN(CCOc2cc(C(=O)O)nc(-c3ccccc3)c2)CC1. The number of hydrogen-bond acceptors (Lipinski definition) is 6. The first-order valence-electron chi connectivity index (χ1n) is 9.53. The molecule has 0 unspecified atom stereocenters. The lowest BCUT2D eigenvalue weighted by Gasteiger charge is -2.34. The number of ether oxygens (including phenoxy) is 2. The van der Waals surface area contributed by atoms with Gasteiger partial charge in [0.2, 0.25) is 0 Å². The molecule has 0 amide bonds. The third kappa shape index (κ3) is 5.76. The molecule has 1 N–H and O–H groups in total. The highest BCUT2D eigenvalue weighted by molar-refractivity contribution is 5.86. The summed E-state index contributed by atoms with van der Waals surface area (Å²) in [6, 6.07) is 12.8. The lowest BCUT2D eigenvalue weighted by atomic mass is 10.1. The van der Waals surface area contributed by atoms with E-state index in [0.29, 0.717) is 18.1 Å². The van der Waals surface area contributed by atoms with Crippen LogP contribution in [0.3, 0.4) is 0 Å². The number of methoxy groups -OCH3 is 1. The monoisotopic (exact) mass is 385 g/mol. The van der Waals surface area contributed by atoms with Crippen LogP contribution in [0.15, 0.2) is 42.5 Å². The molecule has 0 aliphatic carbocycles. The van der Waals surface area contributed by atoms with Gasteiger partial charge in [-0.2, -0.15) is 0 Å². The van der Waals surface area contributed by atoms with E-state index >= 15 is 0 Å². The van der Waals surface area contributed by atoms with Gasteiger partial charge in [0.1, 0.15) is 12.4 Å². The number of nitrogens with zero attached hydrogens (tertiary/aromatic N) is 3. The predicted molar refractivity (Wildman–Crippen MR) is 107 cm³/mol. The van der Waals surface area contributed by atoms with E-state index in [4.69, 9.17) is 9.47 Å². The van der Waals surface area contributed by atoms with Crippen molar-refractivity contribution in [3.63, 3.8) is 0 Å². The Bertz CT molecular complexity index is 762. The molecule has 1 aliphatic rings.